The minimum absolute atomic E-state index is 0. The molecule has 0 atom stereocenters. The van der Waals surface area contributed by atoms with Crippen molar-refractivity contribution in [3.8, 4) is 0 Å². The van der Waals surface area contributed by atoms with Crippen LogP contribution >= 0.6 is 28.3 Å². The second-order valence-corrected chi connectivity index (χ2v) is 6.58. The van der Waals surface area contributed by atoms with E-state index in [1.165, 1.54) is 24.8 Å². The van der Waals surface area contributed by atoms with Crippen LogP contribution in [0.1, 0.15) is 44.1 Å². The predicted octanol–water partition coefficient (Wildman–Crippen LogP) is 3.54. The van der Waals surface area contributed by atoms with Crippen molar-refractivity contribution in [2.45, 2.75) is 43.9 Å². The summed E-state index contributed by atoms with van der Waals surface area (Å²) in [7, 11) is 0. The largest absolute Gasteiger partial charge is 0.355 e. The van der Waals surface area contributed by atoms with Gasteiger partial charge in [-0.15, -0.1) is 12.4 Å². The third-order valence-electron chi connectivity index (χ3n) is 4.24. The zero-order chi connectivity index (χ0) is 14.4. The molecule has 0 aliphatic heterocycles. The highest BCUT2D eigenvalue weighted by Crippen LogP contribution is 2.39. The van der Waals surface area contributed by atoms with Gasteiger partial charge in [-0.1, -0.05) is 47.3 Å². The molecule has 0 unspecified atom stereocenters. The van der Waals surface area contributed by atoms with Crippen LogP contribution in [0.15, 0.2) is 28.7 Å². The summed E-state index contributed by atoms with van der Waals surface area (Å²) in [5, 5.41) is 3.08. The highest BCUT2D eigenvalue weighted by Gasteiger charge is 2.34. The quantitative estimate of drug-likeness (QED) is 0.827. The molecule has 1 aromatic carbocycles. The Morgan fingerprint density at radius 2 is 2.00 bits per heavy atom. The predicted molar refractivity (Wildman–Crippen MR) is 92.8 cm³/mol. The lowest BCUT2D eigenvalue weighted by molar-refractivity contribution is -0.121. The Bertz CT molecular complexity index is 461. The summed E-state index contributed by atoms with van der Waals surface area (Å²) in [5.74, 6) is 0.0624. The van der Waals surface area contributed by atoms with Crippen LogP contribution in [-0.4, -0.2) is 19.0 Å². The van der Waals surface area contributed by atoms with Crippen LogP contribution in [0.3, 0.4) is 0 Å². The summed E-state index contributed by atoms with van der Waals surface area (Å²) in [6.07, 6.45) is 6.47. The van der Waals surface area contributed by atoms with Crippen LogP contribution in [0, 0.1) is 0 Å². The number of nitrogens with one attached hydrogen (secondary N) is 1. The molecule has 0 saturated heterocycles. The maximum absolute atomic E-state index is 11.7. The summed E-state index contributed by atoms with van der Waals surface area (Å²) in [6, 6.07) is 8.51. The summed E-state index contributed by atoms with van der Waals surface area (Å²) in [4.78, 5) is 11.7. The van der Waals surface area contributed by atoms with Gasteiger partial charge in [0.1, 0.15) is 0 Å². The molecule has 0 bridgehead atoms. The Balaban J connectivity index is 0.00000220. The molecule has 21 heavy (non-hydrogen) atoms. The smallest absolute Gasteiger partial charge is 0.221 e. The molecule has 3 nitrogen and oxygen atoms in total. The fourth-order valence-electron chi connectivity index (χ4n) is 3.10. The first-order chi connectivity index (χ1) is 9.66. The van der Waals surface area contributed by atoms with Crippen molar-refractivity contribution in [1.29, 1.82) is 0 Å². The van der Waals surface area contributed by atoms with Crippen LogP contribution in [0.2, 0.25) is 0 Å². The molecule has 1 amide bonds. The second-order valence-electron chi connectivity index (χ2n) is 5.67. The molecular formula is C16H24BrClN2O. The summed E-state index contributed by atoms with van der Waals surface area (Å²) in [5.41, 5.74) is 6.86. The van der Waals surface area contributed by atoms with E-state index in [1.54, 1.807) is 0 Å². The second kappa shape index (κ2) is 8.76. The Kier molecular flexibility index (Phi) is 7.71. The number of amides is 1. The van der Waals surface area contributed by atoms with E-state index in [0.29, 0.717) is 13.0 Å². The number of hydrogen-bond donors (Lipinski definition) is 2. The Morgan fingerprint density at radius 1 is 1.29 bits per heavy atom. The van der Waals surface area contributed by atoms with Gasteiger partial charge in [-0.3, -0.25) is 4.79 Å². The molecule has 3 N–H and O–H groups in total. The van der Waals surface area contributed by atoms with Gasteiger partial charge in [0.2, 0.25) is 5.91 Å². The Morgan fingerprint density at radius 3 is 2.62 bits per heavy atom. The molecule has 1 aromatic rings. The van der Waals surface area contributed by atoms with Crippen LogP contribution in [0.4, 0.5) is 0 Å². The average molecular weight is 376 g/mol. The minimum atomic E-state index is 0. The van der Waals surface area contributed by atoms with Gasteiger partial charge in [0, 0.05) is 29.4 Å². The topological polar surface area (TPSA) is 55.1 Å². The number of hydrogen-bond acceptors (Lipinski definition) is 2. The molecule has 0 heterocycles. The fraction of sp³-hybridized carbons (Fsp3) is 0.562. The Labute approximate surface area is 141 Å². The van der Waals surface area contributed by atoms with Crippen molar-refractivity contribution in [3.05, 3.63) is 34.3 Å². The summed E-state index contributed by atoms with van der Waals surface area (Å²) >= 11 is 3.55. The van der Waals surface area contributed by atoms with Crippen molar-refractivity contribution >= 4 is 34.2 Å². The summed E-state index contributed by atoms with van der Waals surface area (Å²) in [6.45, 7) is 1.14. The van der Waals surface area contributed by atoms with E-state index in [0.717, 1.165) is 23.9 Å². The van der Waals surface area contributed by atoms with Crippen molar-refractivity contribution in [2.75, 3.05) is 13.1 Å². The van der Waals surface area contributed by atoms with E-state index >= 15 is 0 Å². The van der Waals surface area contributed by atoms with Crippen LogP contribution in [0.25, 0.3) is 0 Å². The summed E-state index contributed by atoms with van der Waals surface area (Å²) < 4.78 is 1.10. The fourth-order valence-corrected chi connectivity index (χ4v) is 3.50. The molecule has 5 heteroatoms. The molecule has 1 saturated carbocycles. The van der Waals surface area contributed by atoms with Gasteiger partial charge in [-0.2, -0.15) is 0 Å². The Hall–Kier alpha value is -0.580. The standard InChI is InChI=1S/C16H23BrN2O.ClH/c17-14-6-4-5-13(11-14)16(8-2-1-3-9-16)12-19-15(20)7-10-18;/h4-6,11H,1-3,7-10,12,18H2,(H,19,20);1H. The number of carbonyl (C=O) groups is 1. The number of halogens is 2. The lowest BCUT2D eigenvalue weighted by atomic mass is 9.69. The van der Waals surface area contributed by atoms with E-state index in [-0.39, 0.29) is 23.7 Å². The van der Waals surface area contributed by atoms with Crippen molar-refractivity contribution < 1.29 is 4.79 Å². The third-order valence-corrected chi connectivity index (χ3v) is 4.74. The molecule has 2 rings (SSSR count). The highest BCUT2D eigenvalue weighted by atomic mass is 79.9. The maximum atomic E-state index is 11.7. The van der Waals surface area contributed by atoms with E-state index in [2.05, 4.69) is 39.4 Å². The SMILES string of the molecule is Cl.NCCC(=O)NCC1(c2cccc(Br)c2)CCCCC1. The molecular weight excluding hydrogens is 352 g/mol. The van der Waals surface area contributed by atoms with Crippen molar-refractivity contribution in [3.63, 3.8) is 0 Å². The molecule has 1 fully saturated rings. The van der Waals surface area contributed by atoms with Crippen LogP contribution in [0.5, 0.6) is 0 Å². The molecule has 1 aliphatic rings. The lowest BCUT2D eigenvalue weighted by Crippen LogP contribution is -2.42. The van der Waals surface area contributed by atoms with Crippen LogP contribution in [-0.2, 0) is 10.2 Å². The number of benzene rings is 1. The monoisotopic (exact) mass is 374 g/mol. The van der Waals surface area contributed by atoms with E-state index in [4.69, 9.17) is 5.73 Å². The normalized spacial score (nSPS) is 16.9. The molecule has 0 spiro atoms. The first kappa shape index (κ1) is 18.5. The van der Waals surface area contributed by atoms with Gasteiger partial charge in [0.15, 0.2) is 0 Å². The first-order valence-electron chi connectivity index (χ1n) is 7.39. The van der Waals surface area contributed by atoms with Gasteiger partial charge in [0.25, 0.3) is 0 Å². The van der Waals surface area contributed by atoms with Gasteiger partial charge in [0.05, 0.1) is 0 Å². The number of nitrogens with two attached hydrogens (primary N) is 1. The zero-order valence-corrected chi connectivity index (χ0v) is 14.6. The van der Waals surface area contributed by atoms with Crippen molar-refractivity contribution in [2.24, 2.45) is 5.73 Å². The van der Waals surface area contributed by atoms with Gasteiger partial charge >= 0.3 is 0 Å². The molecule has 118 valence electrons. The molecule has 0 radical (unpaired) electrons. The van der Waals surface area contributed by atoms with Crippen molar-refractivity contribution in [1.82, 2.24) is 5.32 Å². The average Bonchev–Trinajstić information content (AvgIpc) is 2.46. The zero-order valence-electron chi connectivity index (χ0n) is 12.2. The van der Waals surface area contributed by atoms with Gasteiger partial charge in [-0.05, 0) is 30.5 Å². The molecule has 0 aromatic heterocycles. The highest BCUT2D eigenvalue weighted by molar-refractivity contribution is 9.10. The van der Waals surface area contributed by atoms with Gasteiger partial charge < -0.3 is 11.1 Å². The van der Waals surface area contributed by atoms with E-state index in [1.807, 2.05) is 6.07 Å². The minimum Gasteiger partial charge on any atom is -0.355 e. The van der Waals surface area contributed by atoms with Crippen LogP contribution < -0.4 is 11.1 Å². The first-order valence-corrected chi connectivity index (χ1v) is 8.18. The van der Waals surface area contributed by atoms with E-state index < -0.39 is 0 Å². The molecule has 1 aliphatic carbocycles. The maximum Gasteiger partial charge on any atom is 0.221 e. The number of carbonyl (C=O) groups excluding carboxylic acids is 1. The van der Waals surface area contributed by atoms with Gasteiger partial charge in [-0.25, -0.2) is 0 Å². The third kappa shape index (κ3) is 4.97. The van der Waals surface area contributed by atoms with E-state index in [9.17, 15) is 4.79 Å². The number of rotatable bonds is 5. The lowest BCUT2D eigenvalue weighted by Gasteiger charge is -2.38.